The summed E-state index contributed by atoms with van der Waals surface area (Å²) >= 11 is 12.0. The van der Waals surface area contributed by atoms with Crippen molar-refractivity contribution in [2.24, 2.45) is 0 Å². The Morgan fingerprint density at radius 3 is 2.50 bits per heavy atom. The van der Waals surface area contributed by atoms with E-state index in [4.69, 9.17) is 28.5 Å². The van der Waals surface area contributed by atoms with E-state index in [1.54, 1.807) is 42.5 Å². The Morgan fingerprint density at radius 2 is 1.81 bits per heavy atom. The minimum Gasteiger partial charge on any atom is -0.339 e. The Bertz CT molecular complexity index is 999. The first-order chi connectivity index (χ1) is 12.5. The Labute approximate surface area is 159 Å². The van der Waals surface area contributed by atoms with Gasteiger partial charge >= 0.3 is 0 Å². The highest BCUT2D eigenvalue weighted by Crippen LogP contribution is 2.27. The molecule has 0 aliphatic carbocycles. The fourth-order valence-electron chi connectivity index (χ4n) is 2.10. The van der Waals surface area contributed by atoms with Crippen LogP contribution in [0, 0.1) is 11.3 Å². The zero-order chi connectivity index (χ0) is 18.5. The summed E-state index contributed by atoms with van der Waals surface area (Å²) in [4.78, 5) is 20.4. The molecule has 1 heterocycles. The summed E-state index contributed by atoms with van der Waals surface area (Å²) in [7, 11) is 0. The molecule has 0 aliphatic rings. The lowest BCUT2D eigenvalue weighted by Gasteiger charge is -2.09. The highest BCUT2D eigenvalue weighted by Gasteiger charge is 2.10. The normalized spacial score (nSPS) is 10.0. The van der Waals surface area contributed by atoms with Crippen molar-refractivity contribution >= 4 is 46.3 Å². The molecule has 0 atom stereocenters. The number of halogens is 2. The maximum atomic E-state index is 12.3. The van der Waals surface area contributed by atoms with Gasteiger partial charge in [-0.1, -0.05) is 23.2 Å². The van der Waals surface area contributed by atoms with E-state index >= 15 is 0 Å². The molecule has 3 aromatic rings. The van der Waals surface area contributed by atoms with Gasteiger partial charge in [0, 0.05) is 16.8 Å². The number of amides is 1. The molecule has 2 N–H and O–H groups in total. The van der Waals surface area contributed by atoms with Gasteiger partial charge in [0.25, 0.3) is 5.91 Å². The first-order valence-corrected chi connectivity index (χ1v) is 8.16. The largest absolute Gasteiger partial charge is 0.339 e. The van der Waals surface area contributed by atoms with E-state index in [1.165, 1.54) is 12.4 Å². The number of anilines is 3. The minimum atomic E-state index is -0.401. The van der Waals surface area contributed by atoms with Crippen molar-refractivity contribution in [1.82, 2.24) is 9.97 Å². The van der Waals surface area contributed by atoms with Crippen molar-refractivity contribution in [1.29, 1.82) is 5.26 Å². The predicted molar refractivity (Wildman–Crippen MR) is 101 cm³/mol. The van der Waals surface area contributed by atoms with Crippen molar-refractivity contribution < 1.29 is 4.79 Å². The molecule has 0 aliphatic heterocycles. The fourth-order valence-corrected chi connectivity index (χ4v) is 2.56. The van der Waals surface area contributed by atoms with Gasteiger partial charge in [-0.2, -0.15) is 5.26 Å². The van der Waals surface area contributed by atoms with Gasteiger partial charge in [-0.25, -0.2) is 9.97 Å². The number of nitrogens with zero attached hydrogens (tertiary/aromatic N) is 3. The second-order valence-electron chi connectivity index (χ2n) is 5.18. The van der Waals surface area contributed by atoms with Crippen LogP contribution in [0.25, 0.3) is 0 Å². The van der Waals surface area contributed by atoms with Gasteiger partial charge < -0.3 is 10.6 Å². The average molecular weight is 384 g/mol. The van der Waals surface area contributed by atoms with Crippen LogP contribution in [0.1, 0.15) is 16.1 Å². The van der Waals surface area contributed by atoms with Gasteiger partial charge in [0.15, 0.2) is 0 Å². The van der Waals surface area contributed by atoms with Gasteiger partial charge in [0.05, 0.1) is 22.3 Å². The molecule has 0 unspecified atom stereocenters. The summed E-state index contributed by atoms with van der Waals surface area (Å²) in [5.41, 5.74) is 1.85. The molecule has 1 amide bonds. The quantitative estimate of drug-likeness (QED) is 0.683. The summed E-state index contributed by atoms with van der Waals surface area (Å²) in [5.74, 6) is 0.0107. The second-order valence-corrected chi connectivity index (χ2v) is 6.02. The Hall–Kier alpha value is -3.14. The summed E-state index contributed by atoms with van der Waals surface area (Å²) < 4.78 is 0. The Morgan fingerprint density at radius 1 is 1.04 bits per heavy atom. The molecular formula is C18H11Cl2N5O. The first-order valence-electron chi connectivity index (χ1n) is 7.41. The summed E-state index contributed by atoms with van der Waals surface area (Å²) in [5, 5.41) is 15.5. The smallest absolute Gasteiger partial charge is 0.274 e. The molecule has 0 bridgehead atoms. The van der Waals surface area contributed by atoms with E-state index in [0.717, 1.165) is 0 Å². The third kappa shape index (κ3) is 4.28. The number of benzene rings is 2. The van der Waals surface area contributed by atoms with Gasteiger partial charge in [0.1, 0.15) is 17.8 Å². The zero-order valence-corrected chi connectivity index (χ0v) is 14.7. The number of carbonyl (C=O) groups excluding carboxylic acids is 1. The predicted octanol–water partition coefficient (Wildman–Crippen LogP) is 4.65. The summed E-state index contributed by atoms with van der Waals surface area (Å²) in [6, 6.07) is 15.0. The molecule has 0 saturated carbocycles. The SMILES string of the molecule is N#Cc1ccc(NC(=O)c2cc(Nc3ccc(Cl)cc3Cl)ncn2)cc1. The molecule has 0 saturated heterocycles. The highest BCUT2D eigenvalue weighted by atomic mass is 35.5. The minimum absolute atomic E-state index is 0.178. The van der Waals surface area contributed by atoms with Crippen LogP contribution in [0.3, 0.4) is 0 Å². The third-order valence-corrected chi connectivity index (χ3v) is 3.91. The lowest BCUT2D eigenvalue weighted by molar-refractivity contribution is 0.102. The van der Waals surface area contributed by atoms with Crippen LogP contribution in [0.15, 0.2) is 54.9 Å². The number of nitriles is 1. The highest BCUT2D eigenvalue weighted by molar-refractivity contribution is 6.36. The van der Waals surface area contributed by atoms with Crippen LogP contribution in [-0.4, -0.2) is 15.9 Å². The second kappa shape index (κ2) is 7.83. The van der Waals surface area contributed by atoms with E-state index in [-0.39, 0.29) is 5.69 Å². The monoisotopic (exact) mass is 383 g/mol. The molecule has 3 rings (SSSR count). The lowest BCUT2D eigenvalue weighted by Crippen LogP contribution is -2.14. The average Bonchev–Trinajstić information content (AvgIpc) is 2.65. The van der Waals surface area contributed by atoms with E-state index < -0.39 is 5.91 Å². The van der Waals surface area contributed by atoms with Crippen LogP contribution < -0.4 is 10.6 Å². The molecule has 6 nitrogen and oxygen atoms in total. The number of aromatic nitrogens is 2. The van der Waals surface area contributed by atoms with E-state index in [0.29, 0.717) is 32.8 Å². The maximum Gasteiger partial charge on any atom is 0.274 e. The summed E-state index contributed by atoms with van der Waals surface area (Å²) in [6.45, 7) is 0. The van der Waals surface area contributed by atoms with Gasteiger partial charge in [-0.05, 0) is 42.5 Å². The Balaban J connectivity index is 1.75. The number of nitrogens with one attached hydrogen (secondary N) is 2. The van der Waals surface area contributed by atoms with Crippen molar-refractivity contribution in [2.45, 2.75) is 0 Å². The van der Waals surface area contributed by atoms with Gasteiger partial charge in [-0.15, -0.1) is 0 Å². The molecule has 1 aromatic heterocycles. The number of hydrogen-bond donors (Lipinski definition) is 2. The topological polar surface area (TPSA) is 90.7 Å². The lowest BCUT2D eigenvalue weighted by atomic mass is 10.2. The third-order valence-electron chi connectivity index (χ3n) is 3.37. The molecular weight excluding hydrogens is 373 g/mol. The molecule has 128 valence electrons. The van der Waals surface area contributed by atoms with Crippen molar-refractivity contribution in [3.63, 3.8) is 0 Å². The molecule has 8 heteroatoms. The molecule has 0 fully saturated rings. The van der Waals surface area contributed by atoms with E-state index in [2.05, 4.69) is 20.6 Å². The zero-order valence-electron chi connectivity index (χ0n) is 13.2. The van der Waals surface area contributed by atoms with Crippen molar-refractivity contribution in [3.05, 3.63) is 76.2 Å². The molecule has 26 heavy (non-hydrogen) atoms. The number of rotatable bonds is 4. The van der Waals surface area contributed by atoms with Crippen LogP contribution in [0.4, 0.5) is 17.2 Å². The molecule has 0 radical (unpaired) electrons. The van der Waals surface area contributed by atoms with Crippen LogP contribution in [0.2, 0.25) is 10.0 Å². The van der Waals surface area contributed by atoms with Crippen LogP contribution in [0.5, 0.6) is 0 Å². The molecule has 0 spiro atoms. The van der Waals surface area contributed by atoms with Gasteiger partial charge in [-0.3, -0.25) is 4.79 Å². The van der Waals surface area contributed by atoms with Crippen LogP contribution >= 0.6 is 23.2 Å². The standard InChI is InChI=1S/C18H11Cl2N5O/c19-12-3-6-15(14(20)7-12)25-17-8-16(22-10-23-17)18(26)24-13-4-1-11(9-21)2-5-13/h1-8,10H,(H,24,26)(H,22,23,25). The number of hydrogen-bond acceptors (Lipinski definition) is 5. The maximum absolute atomic E-state index is 12.3. The van der Waals surface area contributed by atoms with E-state index in [9.17, 15) is 4.79 Å². The number of carbonyl (C=O) groups is 1. The van der Waals surface area contributed by atoms with Crippen LogP contribution in [-0.2, 0) is 0 Å². The Kier molecular flexibility index (Phi) is 5.32. The van der Waals surface area contributed by atoms with Gasteiger partial charge in [0.2, 0.25) is 0 Å². The summed E-state index contributed by atoms with van der Waals surface area (Å²) in [6.07, 6.45) is 1.28. The van der Waals surface area contributed by atoms with Crippen molar-refractivity contribution in [3.8, 4) is 6.07 Å². The first kappa shape index (κ1) is 17.7. The van der Waals surface area contributed by atoms with E-state index in [1.807, 2.05) is 6.07 Å². The fraction of sp³-hybridized carbons (Fsp3) is 0. The van der Waals surface area contributed by atoms with Crippen molar-refractivity contribution in [2.75, 3.05) is 10.6 Å². The molecule has 2 aromatic carbocycles.